The number of aliphatic hydroxyl groups is 1. The van der Waals surface area contributed by atoms with Crippen molar-refractivity contribution in [3.8, 4) is 39.9 Å². The Morgan fingerprint density at radius 2 is 1.57 bits per heavy atom. The highest BCUT2D eigenvalue weighted by Gasteiger charge is 2.34. The number of carbonyl (C=O) groups is 1. The second kappa shape index (κ2) is 10.3. The SMILES string of the molecule is COc1cc2c(OCC(OC)C(CO)OC)c3c(c(-c4ccc5c(c4)OCO5)c2cc1OC)C(=O)OC3. The third-order valence-electron chi connectivity index (χ3n) is 6.67. The van der Waals surface area contributed by atoms with Crippen LogP contribution in [0.15, 0.2) is 30.3 Å². The van der Waals surface area contributed by atoms with Gasteiger partial charge < -0.3 is 43.0 Å². The van der Waals surface area contributed by atoms with Gasteiger partial charge in [-0.05, 0) is 35.2 Å². The van der Waals surface area contributed by atoms with Crippen molar-refractivity contribution in [2.45, 2.75) is 18.8 Å². The van der Waals surface area contributed by atoms with Gasteiger partial charge in [0.2, 0.25) is 6.79 Å². The van der Waals surface area contributed by atoms with Crippen LogP contribution in [0.2, 0.25) is 0 Å². The van der Waals surface area contributed by atoms with E-state index in [1.54, 1.807) is 14.2 Å². The van der Waals surface area contributed by atoms with Gasteiger partial charge in [-0.2, -0.15) is 0 Å². The smallest absolute Gasteiger partial charge is 0.339 e. The first-order valence-electron chi connectivity index (χ1n) is 11.7. The highest BCUT2D eigenvalue weighted by Crippen LogP contribution is 2.49. The number of methoxy groups -OCH3 is 4. The lowest BCUT2D eigenvalue weighted by Crippen LogP contribution is -2.37. The maximum absolute atomic E-state index is 13.1. The zero-order chi connectivity index (χ0) is 26.1. The van der Waals surface area contributed by atoms with Gasteiger partial charge in [0.1, 0.15) is 31.2 Å². The Labute approximate surface area is 213 Å². The number of benzene rings is 3. The zero-order valence-corrected chi connectivity index (χ0v) is 21.0. The fourth-order valence-electron chi connectivity index (χ4n) is 4.76. The minimum atomic E-state index is -0.593. The summed E-state index contributed by atoms with van der Waals surface area (Å²) in [5.74, 6) is 2.20. The second-order valence-electron chi connectivity index (χ2n) is 8.50. The molecule has 0 aromatic heterocycles. The monoisotopic (exact) mass is 512 g/mol. The van der Waals surface area contributed by atoms with Crippen molar-refractivity contribution in [2.75, 3.05) is 48.4 Å². The number of esters is 1. The number of aliphatic hydroxyl groups excluding tert-OH is 1. The van der Waals surface area contributed by atoms with Crippen LogP contribution in [0, 0.1) is 0 Å². The topological polar surface area (TPSA) is 111 Å². The molecule has 2 aliphatic rings. The minimum Gasteiger partial charge on any atom is -0.493 e. The van der Waals surface area contributed by atoms with E-state index in [1.165, 1.54) is 14.2 Å². The molecule has 2 unspecified atom stereocenters. The van der Waals surface area contributed by atoms with Crippen molar-refractivity contribution >= 4 is 16.7 Å². The molecule has 2 atom stereocenters. The van der Waals surface area contributed by atoms with Gasteiger partial charge >= 0.3 is 5.97 Å². The molecule has 0 saturated carbocycles. The summed E-state index contributed by atoms with van der Waals surface area (Å²) in [4.78, 5) is 13.1. The molecule has 2 heterocycles. The Hall–Kier alpha value is -3.73. The molecule has 1 N–H and O–H groups in total. The van der Waals surface area contributed by atoms with Gasteiger partial charge in [0.05, 0.1) is 26.4 Å². The van der Waals surface area contributed by atoms with Crippen molar-refractivity contribution in [3.05, 3.63) is 41.5 Å². The first-order chi connectivity index (χ1) is 18.0. The number of carbonyl (C=O) groups excluding carboxylic acids is 1. The molecule has 5 rings (SSSR count). The normalized spacial score (nSPS) is 15.3. The van der Waals surface area contributed by atoms with Gasteiger partial charge in [-0.1, -0.05) is 6.07 Å². The Morgan fingerprint density at radius 1 is 0.865 bits per heavy atom. The summed E-state index contributed by atoms with van der Waals surface area (Å²) >= 11 is 0. The van der Waals surface area contributed by atoms with Crippen LogP contribution < -0.4 is 23.7 Å². The van der Waals surface area contributed by atoms with Gasteiger partial charge in [-0.3, -0.25) is 0 Å². The van der Waals surface area contributed by atoms with Gasteiger partial charge in [0.15, 0.2) is 23.0 Å². The summed E-state index contributed by atoms with van der Waals surface area (Å²) in [6.07, 6.45) is -1.16. The van der Waals surface area contributed by atoms with Crippen molar-refractivity contribution in [1.29, 1.82) is 0 Å². The number of hydrogen-bond acceptors (Lipinski definition) is 10. The van der Waals surface area contributed by atoms with Crippen LogP contribution in [0.4, 0.5) is 0 Å². The average molecular weight is 513 g/mol. The molecule has 0 radical (unpaired) electrons. The number of cyclic esters (lactones) is 1. The van der Waals surface area contributed by atoms with Gasteiger partial charge in [0.25, 0.3) is 0 Å². The molecule has 0 bridgehead atoms. The average Bonchev–Trinajstić information content (AvgIpc) is 3.55. The first kappa shape index (κ1) is 24.9. The lowest BCUT2D eigenvalue weighted by molar-refractivity contribution is -0.0751. The molecular formula is C27H28O10. The number of hydrogen-bond donors (Lipinski definition) is 1. The predicted molar refractivity (Wildman–Crippen MR) is 132 cm³/mol. The van der Waals surface area contributed by atoms with Crippen LogP contribution in [0.3, 0.4) is 0 Å². The summed E-state index contributed by atoms with van der Waals surface area (Å²) in [5, 5.41) is 11.1. The van der Waals surface area contributed by atoms with Gasteiger partial charge in [-0.15, -0.1) is 0 Å². The van der Waals surface area contributed by atoms with Gasteiger partial charge in [0, 0.05) is 30.7 Å². The van der Waals surface area contributed by atoms with E-state index < -0.39 is 18.2 Å². The summed E-state index contributed by atoms with van der Waals surface area (Å²) < 4.78 is 44.8. The third kappa shape index (κ3) is 4.26. The molecule has 0 aliphatic carbocycles. The maximum Gasteiger partial charge on any atom is 0.339 e. The second-order valence-corrected chi connectivity index (χ2v) is 8.50. The Bertz CT molecular complexity index is 1330. The third-order valence-corrected chi connectivity index (χ3v) is 6.67. The fraction of sp³-hybridized carbons (Fsp3) is 0.370. The molecule has 0 fully saturated rings. The fourth-order valence-corrected chi connectivity index (χ4v) is 4.76. The lowest BCUT2D eigenvalue weighted by atomic mass is 9.89. The molecule has 3 aromatic carbocycles. The first-order valence-corrected chi connectivity index (χ1v) is 11.7. The number of rotatable bonds is 10. The molecule has 2 aliphatic heterocycles. The summed E-state index contributed by atoms with van der Waals surface area (Å²) in [5.41, 5.74) is 2.41. The van der Waals surface area contributed by atoms with E-state index in [2.05, 4.69) is 0 Å². The largest absolute Gasteiger partial charge is 0.493 e. The Balaban J connectivity index is 1.74. The maximum atomic E-state index is 13.1. The van der Waals surface area contributed by atoms with Crippen LogP contribution in [0.1, 0.15) is 15.9 Å². The molecule has 0 spiro atoms. The van der Waals surface area contributed by atoms with Crippen molar-refractivity contribution < 1.29 is 47.8 Å². The molecule has 10 heteroatoms. The standard InChI is InChI=1S/C27H28O10/c1-30-19-8-15-16(9-20(19)31-2)26(34-12-23(33-4)22(10-28)32-3)17-11-35-27(29)25(17)24(15)14-5-6-18-21(7-14)37-13-36-18/h5-9,22-23,28H,10-13H2,1-4H3. The molecule has 196 valence electrons. The van der Waals surface area contributed by atoms with Crippen molar-refractivity contribution in [1.82, 2.24) is 0 Å². The highest BCUT2D eigenvalue weighted by molar-refractivity contribution is 6.14. The summed E-state index contributed by atoms with van der Waals surface area (Å²) in [6, 6.07) is 9.14. The highest BCUT2D eigenvalue weighted by atomic mass is 16.7. The van der Waals surface area contributed by atoms with Crippen LogP contribution >= 0.6 is 0 Å². The molecule has 0 saturated heterocycles. The Morgan fingerprint density at radius 3 is 2.24 bits per heavy atom. The van der Waals surface area contributed by atoms with E-state index in [4.69, 9.17) is 37.9 Å². The van der Waals surface area contributed by atoms with E-state index in [1.807, 2.05) is 30.3 Å². The van der Waals surface area contributed by atoms with E-state index >= 15 is 0 Å². The molecule has 0 amide bonds. The van der Waals surface area contributed by atoms with E-state index in [0.29, 0.717) is 56.2 Å². The van der Waals surface area contributed by atoms with Crippen LogP contribution in [0.25, 0.3) is 21.9 Å². The molecule has 10 nitrogen and oxygen atoms in total. The quantitative estimate of drug-likeness (QED) is 0.406. The summed E-state index contributed by atoms with van der Waals surface area (Å²) in [7, 11) is 6.10. The molecule has 3 aromatic rings. The van der Waals surface area contributed by atoms with Gasteiger partial charge in [-0.25, -0.2) is 4.79 Å². The molecule has 37 heavy (non-hydrogen) atoms. The van der Waals surface area contributed by atoms with Crippen molar-refractivity contribution in [2.24, 2.45) is 0 Å². The van der Waals surface area contributed by atoms with E-state index in [9.17, 15) is 9.90 Å². The minimum absolute atomic E-state index is 0.0384. The van der Waals surface area contributed by atoms with Crippen LogP contribution in [-0.4, -0.2) is 71.7 Å². The Kier molecular flexibility index (Phi) is 6.96. The number of ether oxygens (including phenoxy) is 8. The zero-order valence-electron chi connectivity index (χ0n) is 21.0. The predicted octanol–water partition coefficient (Wildman–Crippen LogP) is 3.32. The number of fused-ring (bicyclic) bond motifs is 3. The lowest BCUT2D eigenvalue weighted by Gasteiger charge is -2.25. The molecular weight excluding hydrogens is 484 g/mol. The van der Waals surface area contributed by atoms with Crippen molar-refractivity contribution in [3.63, 3.8) is 0 Å². The van der Waals surface area contributed by atoms with E-state index in [0.717, 1.165) is 5.56 Å². The summed E-state index contributed by atoms with van der Waals surface area (Å²) in [6.45, 7) is -0.0128. The van der Waals surface area contributed by atoms with Crippen LogP contribution in [0.5, 0.6) is 28.7 Å². The van der Waals surface area contributed by atoms with Crippen LogP contribution in [-0.2, 0) is 20.8 Å². The van der Waals surface area contributed by atoms with E-state index in [-0.39, 0.29) is 26.6 Å².